The number of rotatable bonds is 6. The molecule has 0 atom stereocenters. The summed E-state index contributed by atoms with van der Waals surface area (Å²) in [5.41, 5.74) is 7.74. The van der Waals surface area contributed by atoms with Gasteiger partial charge in [0.25, 0.3) is 5.91 Å². The van der Waals surface area contributed by atoms with Crippen molar-refractivity contribution in [1.82, 2.24) is 0 Å². The highest BCUT2D eigenvalue weighted by atomic mass is 16.5. The van der Waals surface area contributed by atoms with Crippen molar-refractivity contribution in [2.24, 2.45) is 5.73 Å². The van der Waals surface area contributed by atoms with E-state index in [1.165, 1.54) is 6.08 Å². The summed E-state index contributed by atoms with van der Waals surface area (Å²) in [5, 5.41) is 2.75. The van der Waals surface area contributed by atoms with Crippen LogP contribution < -0.4 is 15.8 Å². The van der Waals surface area contributed by atoms with E-state index in [-0.39, 0.29) is 12.5 Å². The number of ether oxygens (including phenoxy) is 1. The molecule has 2 aromatic carbocycles. The molecule has 2 rings (SSSR count). The van der Waals surface area contributed by atoms with Gasteiger partial charge in [0.1, 0.15) is 5.75 Å². The first kappa shape index (κ1) is 16.3. The molecule has 0 saturated carbocycles. The Labute approximate surface area is 134 Å². The summed E-state index contributed by atoms with van der Waals surface area (Å²) in [6.45, 7) is 1.82. The molecule has 0 aliphatic heterocycles. The second-order valence-electron chi connectivity index (χ2n) is 5.02. The van der Waals surface area contributed by atoms with Crippen LogP contribution in [0.2, 0.25) is 0 Å². The second-order valence-corrected chi connectivity index (χ2v) is 5.02. The maximum Gasteiger partial charge on any atom is 0.255 e. The lowest BCUT2D eigenvalue weighted by Crippen LogP contribution is -2.20. The number of nitrogens with two attached hydrogens (primary N) is 1. The van der Waals surface area contributed by atoms with Gasteiger partial charge in [-0.25, -0.2) is 0 Å². The van der Waals surface area contributed by atoms with Crippen LogP contribution in [0.25, 0.3) is 6.08 Å². The van der Waals surface area contributed by atoms with Crippen LogP contribution in [0.5, 0.6) is 5.75 Å². The van der Waals surface area contributed by atoms with Crippen molar-refractivity contribution in [3.63, 3.8) is 0 Å². The van der Waals surface area contributed by atoms with Gasteiger partial charge in [0.05, 0.1) is 0 Å². The van der Waals surface area contributed by atoms with Gasteiger partial charge < -0.3 is 15.8 Å². The zero-order chi connectivity index (χ0) is 16.7. The van der Waals surface area contributed by atoms with E-state index in [4.69, 9.17) is 10.5 Å². The molecule has 0 aliphatic rings. The Morgan fingerprint density at radius 3 is 2.57 bits per heavy atom. The first-order valence-electron chi connectivity index (χ1n) is 7.10. The summed E-state index contributed by atoms with van der Waals surface area (Å²) in [7, 11) is 0. The van der Waals surface area contributed by atoms with E-state index in [0.717, 1.165) is 11.1 Å². The lowest BCUT2D eigenvalue weighted by atomic mass is 10.1. The van der Waals surface area contributed by atoms with E-state index in [1.807, 2.05) is 31.2 Å². The fraction of sp³-hybridized carbons (Fsp3) is 0.111. The number of nitrogens with one attached hydrogen (secondary N) is 1. The lowest BCUT2D eigenvalue weighted by Gasteiger charge is -2.05. The number of benzene rings is 2. The van der Waals surface area contributed by atoms with Gasteiger partial charge in [-0.3, -0.25) is 9.59 Å². The van der Waals surface area contributed by atoms with Crippen LogP contribution in [0.1, 0.15) is 11.1 Å². The van der Waals surface area contributed by atoms with E-state index in [2.05, 4.69) is 5.32 Å². The standard InChI is InChI=1S/C18H18N2O3/c1-13-3-2-4-14(11-13)5-10-18(22)20-15-6-8-16(9-7-15)23-12-17(19)21/h2-11H,12H2,1H3,(H2,19,21)(H,20,22)/b10-5+. The molecule has 5 heteroatoms. The third-order valence-electron chi connectivity index (χ3n) is 2.97. The largest absolute Gasteiger partial charge is 0.484 e. The molecule has 0 saturated heterocycles. The number of hydrogen-bond donors (Lipinski definition) is 2. The van der Waals surface area contributed by atoms with Gasteiger partial charge in [-0.05, 0) is 42.8 Å². The fourth-order valence-electron chi connectivity index (χ4n) is 1.92. The normalized spacial score (nSPS) is 10.5. The van der Waals surface area contributed by atoms with E-state index in [0.29, 0.717) is 11.4 Å². The molecule has 23 heavy (non-hydrogen) atoms. The van der Waals surface area contributed by atoms with Crippen LogP contribution in [0, 0.1) is 6.92 Å². The highest BCUT2D eigenvalue weighted by molar-refractivity contribution is 6.01. The molecule has 118 valence electrons. The fourth-order valence-corrected chi connectivity index (χ4v) is 1.92. The van der Waals surface area contributed by atoms with Crippen molar-refractivity contribution in [3.05, 3.63) is 65.7 Å². The zero-order valence-electron chi connectivity index (χ0n) is 12.8. The van der Waals surface area contributed by atoms with Gasteiger partial charge in [0.15, 0.2) is 6.61 Å². The summed E-state index contributed by atoms with van der Waals surface area (Å²) in [6, 6.07) is 14.6. The molecule has 2 aromatic rings. The molecule has 3 N–H and O–H groups in total. The third kappa shape index (κ3) is 5.67. The third-order valence-corrected chi connectivity index (χ3v) is 2.97. The molecule has 0 unspecified atom stereocenters. The van der Waals surface area contributed by atoms with Gasteiger partial charge >= 0.3 is 0 Å². The summed E-state index contributed by atoms with van der Waals surface area (Å²) >= 11 is 0. The SMILES string of the molecule is Cc1cccc(/C=C/C(=O)Nc2ccc(OCC(N)=O)cc2)c1. The molecule has 0 heterocycles. The smallest absolute Gasteiger partial charge is 0.255 e. The van der Waals surface area contributed by atoms with Crippen LogP contribution in [-0.2, 0) is 9.59 Å². The number of amides is 2. The summed E-state index contributed by atoms with van der Waals surface area (Å²) in [5.74, 6) is -0.252. The number of carbonyl (C=O) groups is 2. The Hall–Kier alpha value is -3.08. The Bertz CT molecular complexity index is 721. The average molecular weight is 310 g/mol. The van der Waals surface area contributed by atoms with Crippen molar-refractivity contribution < 1.29 is 14.3 Å². The quantitative estimate of drug-likeness (QED) is 0.804. The zero-order valence-corrected chi connectivity index (χ0v) is 12.8. The minimum absolute atomic E-state index is 0.176. The molecule has 0 fully saturated rings. The van der Waals surface area contributed by atoms with Gasteiger partial charge in [0.2, 0.25) is 5.91 Å². The van der Waals surface area contributed by atoms with Crippen molar-refractivity contribution in [2.75, 3.05) is 11.9 Å². The Balaban J connectivity index is 1.91. The van der Waals surface area contributed by atoms with E-state index >= 15 is 0 Å². The minimum atomic E-state index is -0.538. The molecule has 0 spiro atoms. The van der Waals surface area contributed by atoms with Crippen LogP contribution in [0.4, 0.5) is 5.69 Å². The number of primary amides is 1. The molecular formula is C18H18N2O3. The van der Waals surface area contributed by atoms with Crippen molar-refractivity contribution in [3.8, 4) is 5.75 Å². The average Bonchev–Trinajstić information content (AvgIpc) is 2.52. The summed E-state index contributed by atoms with van der Waals surface area (Å²) in [6.07, 6.45) is 3.24. The van der Waals surface area contributed by atoms with Crippen molar-refractivity contribution in [2.45, 2.75) is 6.92 Å². The number of hydrogen-bond acceptors (Lipinski definition) is 3. The van der Waals surface area contributed by atoms with Crippen LogP contribution in [-0.4, -0.2) is 18.4 Å². The first-order chi connectivity index (χ1) is 11.0. The van der Waals surface area contributed by atoms with Crippen LogP contribution >= 0.6 is 0 Å². The van der Waals surface area contributed by atoms with Crippen LogP contribution in [0.15, 0.2) is 54.6 Å². The highest BCUT2D eigenvalue weighted by Crippen LogP contribution is 2.15. The van der Waals surface area contributed by atoms with E-state index < -0.39 is 5.91 Å². The molecule has 0 radical (unpaired) electrons. The highest BCUT2D eigenvalue weighted by Gasteiger charge is 2.00. The first-order valence-corrected chi connectivity index (χ1v) is 7.10. The second kappa shape index (κ2) is 7.79. The lowest BCUT2D eigenvalue weighted by molar-refractivity contribution is -0.120. The molecule has 0 aromatic heterocycles. The topological polar surface area (TPSA) is 81.4 Å². The Morgan fingerprint density at radius 1 is 1.17 bits per heavy atom. The van der Waals surface area contributed by atoms with Gasteiger partial charge in [0, 0.05) is 11.8 Å². The predicted molar refractivity (Wildman–Crippen MR) is 90.0 cm³/mol. The molecule has 2 amide bonds. The van der Waals surface area contributed by atoms with Gasteiger partial charge in [-0.15, -0.1) is 0 Å². The number of carbonyl (C=O) groups excluding carboxylic acids is 2. The summed E-state index contributed by atoms with van der Waals surface area (Å²) < 4.78 is 5.14. The van der Waals surface area contributed by atoms with Crippen LogP contribution in [0.3, 0.4) is 0 Å². The maximum absolute atomic E-state index is 11.9. The van der Waals surface area contributed by atoms with E-state index in [1.54, 1.807) is 30.3 Å². The minimum Gasteiger partial charge on any atom is -0.484 e. The molecular weight excluding hydrogens is 292 g/mol. The van der Waals surface area contributed by atoms with Crippen molar-refractivity contribution in [1.29, 1.82) is 0 Å². The number of anilines is 1. The summed E-state index contributed by atoms with van der Waals surface area (Å²) in [4.78, 5) is 22.5. The predicted octanol–water partition coefficient (Wildman–Crippen LogP) is 2.51. The maximum atomic E-state index is 11.9. The molecule has 0 aliphatic carbocycles. The Morgan fingerprint density at radius 2 is 1.91 bits per heavy atom. The molecule has 5 nitrogen and oxygen atoms in total. The van der Waals surface area contributed by atoms with Crippen molar-refractivity contribution >= 4 is 23.6 Å². The monoisotopic (exact) mass is 310 g/mol. The molecule has 0 bridgehead atoms. The van der Waals surface area contributed by atoms with E-state index in [9.17, 15) is 9.59 Å². The van der Waals surface area contributed by atoms with Gasteiger partial charge in [-0.1, -0.05) is 29.8 Å². The number of aryl methyl sites for hydroxylation is 1. The Kier molecular flexibility index (Phi) is 5.52. The van der Waals surface area contributed by atoms with Gasteiger partial charge in [-0.2, -0.15) is 0 Å².